The monoisotopic (exact) mass is 283 g/mol. The van der Waals surface area contributed by atoms with Crippen molar-refractivity contribution in [2.24, 2.45) is 0 Å². The van der Waals surface area contributed by atoms with E-state index < -0.39 is 0 Å². The van der Waals surface area contributed by atoms with Gasteiger partial charge in [0.15, 0.2) is 5.82 Å². The average molecular weight is 284 g/mol. The topological polar surface area (TPSA) is 54.7 Å². The summed E-state index contributed by atoms with van der Waals surface area (Å²) in [6.45, 7) is 1.98. The molecule has 3 nitrogen and oxygen atoms in total. The Morgan fingerprint density at radius 1 is 1.05 bits per heavy atom. The van der Waals surface area contributed by atoms with Crippen LogP contribution in [0.3, 0.4) is 0 Å². The molecule has 0 unspecified atom stereocenters. The fraction of sp³-hybridized carbons (Fsp3) is 0.0625. The smallest absolute Gasteiger partial charge is 0.153 e. The summed E-state index contributed by atoms with van der Waals surface area (Å²) in [5, 5.41) is 7.85. The largest absolute Gasteiger partial charge is 0.382 e. The van der Waals surface area contributed by atoms with Gasteiger partial charge in [-0.25, -0.2) is 0 Å². The van der Waals surface area contributed by atoms with Gasteiger partial charge < -0.3 is 5.73 Å². The molecule has 1 aromatic heterocycles. The molecule has 100 valence electrons. The molecule has 0 aliphatic heterocycles. The maximum Gasteiger partial charge on any atom is 0.153 e. The van der Waals surface area contributed by atoms with Crippen LogP contribution < -0.4 is 5.73 Å². The van der Waals surface area contributed by atoms with Gasteiger partial charge in [0.25, 0.3) is 0 Å². The van der Waals surface area contributed by atoms with E-state index in [4.69, 9.17) is 17.3 Å². The highest BCUT2D eigenvalue weighted by atomic mass is 35.5. The lowest BCUT2D eigenvalue weighted by atomic mass is 10.00. The predicted octanol–water partition coefficient (Wildman–Crippen LogP) is 4.29. The maximum atomic E-state index is 6.41. The van der Waals surface area contributed by atoms with E-state index in [0.29, 0.717) is 10.8 Å². The van der Waals surface area contributed by atoms with Crippen molar-refractivity contribution in [2.75, 3.05) is 5.73 Å². The van der Waals surface area contributed by atoms with Gasteiger partial charge in [-0.1, -0.05) is 60.1 Å². The van der Waals surface area contributed by atoms with Crippen LogP contribution in [0.4, 0.5) is 5.82 Å². The molecule has 2 aromatic carbocycles. The Morgan fingerprint density at radius 2 is 1.80 bits per heavy atom. The number of nitrogen functional groups attached to an aromatic ring is 1. The van der Waals surface area contributed by atoms with Crippen molar-refractivity contribution < 1.29 is 0 Å². The molecule has 0 saturated heterocycles. The number of rotatable bonds is 2. The number of nitrogens with two attached hydrogens (primary N) is 1. The molecule has 0 atom stereocenters. The maximum absolute atomic E-state index is 6.41. The molecule has 0 aliphatic rings. The van der Waals surface area contributed by atoms with Gasteiger partial charge in [0.05, 0.1) is 16.3 Å². The second kappa shape index (κ2) is 5.02. The van der Waals surface area contributed by atoms with Gasteiger partial charge in [0.1, 0.15) is 0 Å². The molecule has 0 spiro atoms. The summed E-state index contributed by atoms with van der Waals surface area (Å²) in [5.74, 6) is 0.476. The lowest BCUT2D eigenvalue weighted by molar-refractivity contribution is 1.10. The van der Waals surface area contributed by atoms with Crippen molar-refractivity contribution in [3.63, 3.8) is 0 Å². The summed E-state index contributed by atoms with van der Waals surface area (Å²) in [7, 11) is 0. The number of hydrogen-bond donors (Lipinski definition) is 2. The zero-order valence-corrected chi connectivity index (χ0v) is 11.8. The third-order valence-electron chi connectivity index (χ3n) is 3.32. The highest BCUT2D eigenvalue weighted by Gasteiger charge is 2.17. The highest BCUT2D eigenvalue weighted by Crippen LogP contribution is 2.38. The van der Waals surface area contributed by atoms with E-state index >= 15 is 0 Å². The van der Waals surface area contributed by atoms with Gasteiger partial charge in [0, 0.05) is 5.56 Å². The molecule has 20 heavy (non-hydrogen) atoms. The van der Waals surface area contributed by atoms with Gasteiger partial charge in [-0.3, -0.25) is 5.10 Å². The van der Waals surface area contributed by atoms with Crippen LogP contribution >= 0.6 is 11.6 Å². The minimum absolute atomic E-state index is 0.476. The number of aromatic nitrogens is 2. The number of anilines is 1. The van der Waals surface area contributed by atoms with Crippen molar-refractivity contribution in [1.29, 1.82) is 0 Å². The first-order valence-electron chi connectivity index (χ1n) is 6.33. The number of nitrogens with one attached hydrogen (secondary N) is 1. The molecule has 0 bridgehead atoms. The van der Waals surface area contributed by atoms with E-state index in [1.807, 2.05) is 55.5 Å². The molecule has 0 saturated carbocycles. The summed E-state index contributed by atoms with van der Waals surface area (Å²) in [6.07, 6.45) is 0. The number of aryl methyl sites for hydroxylation is 1. The second-order valence-corrected chi connectivity index (χ2v) is 5.04. The molecule has 0 amide bonds. The van der Waals surface area contributed by atoms with E-state index in [0.717, 1.165) is 27.9 Å². The predicted molar refractivity (Wildman–Crippen MR) is 83.6 cm³/mol. The molecular formula is C16H14ClN3. The quantitative estimate of drug-likeness (QED) is 0.737. The summed E-state index contributed by atoms with van der Waals surface area (Å²) < 4.78 is 0. The third-order valence-corrected chi connectivity index (χ3v) is 3.82. The number of halogens is 1. The number of hydrogen-bond acceptors (Lipinski definition) is 2. The molecule has 0 aliphatic carbocycles. The SMILES string of the molecule is Cc1cccc(-c2[nH]nc(N)c2-c2ccccc2)c1Cl. The Morgan fingerprint density at radius 3 is 2.55 bits per heavy atom. The molecule has 3 N–H and O–H groups in total. The first kappa shape index (κ1) is 12.8. The van der Waals surface area contributed by atoms with Crippen molar-refractivity contribution in [3.05, 3.63) is 59.1 Å². The molecule has 3 rings (SSSR count). The summed E-state index contributed by atoms with van der Waals surface area (Å²) in [5.41, 5.74) is 10.7. The number of aromatic amines is 1. The molecule has 3 aromatic rings. The molecule has 0 radical (unpaired) electrons. The van der Waals surface area contributed by atoms with Crippen LogP contribution in [0.15, 0.2) is 48.5 Å². The Balaban J connectivity index is 2.24. The van der Waals surface area contributed by atoms with Crippen LogP contribution in [0.5, 0.6) is 0 Å². The summed E-state index contributed by atoms with van der Waals surface area (Å²) >= 11 is 6.41. The molecule has 0 fully saturated rings. The van der Waals surface area contributed by atoms with E-state index in [1.54, 1.807) is 0 Å². The average Bonchev–Trinajstić information content (AvgIpc) is 2.84. The molecular weight excluding hydrogens is 270 g/mol. The van der Waals surface area contributed by atoms with Gasteiger partial charge in [0.2, 0.25) is 0 Å². The fourth-order valence-corrected chi connectivity index (χ4v) is 2.51. The Kier molecular flexibility index (Phi) is 3.20. The van der Waals surface area contributed by atoms with Crippen LogP contribution in [0.1, 0.15) is 5.56 Å². The third kappa shape index (κ3) is 2.06. The lowest BCUT2D eigenvalue weighted by Gasteiger charge is -2.08. The van der Waals surface area contributed by atoms with Gasteiger partial charge >= 0.3 is 0 Å². The van der Waals surface area contributed by atoms with E-state index in [-0.39, 0.29) is 0 Å². The Hall–Kier alpha value is -2.26. The normalized spacial score (nSPS) is 10.7. The van der Waals surface area contributed by atoms with E-state index in [2.05, 4.69) is 10.2 Å². The minimum Gasteiger partial charge on any atom is -0.382 e. The molecule has 1 heterocycles. The van der Waals surface area contributed by atoms with Crippen LogP contribution in [-0.4, -0.2) is 10.2 Å². The van der Waals surface area contributed by atoms with Gasteiger partial charge in [-0.15, -0.1) is 0 Å². The molecule has 4 heteroatoms. The van der Waals surface area contributed by atoms with Crippen molar-refractivity contribution >= 4 is 17.4 Å². The first-order chi connectivity index (χ1) is 9.68. The zero-order chi connectivity index (χ0) is 14.1. The van der Waals surface area contributed by atoms with Crippen LogP contribution in [-0.2, 0) is 0 Å². The zero-order valence-electron chi connectivity index (χ0n) is 11.0. The Labute approximate surface area is 122 Å². The first-order valence-corrected chi connectivity index (χ1v) is 6.71. The highest BCUT2D eigenvalue weighted by molar-refractivity contribution is 6.34. The standard InChI is InChI=1S/C16H14ClN3/c1-10-6-5-9-12(14(10)17)15-13(16(18)20-19-15)11-7-3-2-4-8-11/h2-9H,1H3,(H3,18,19,20). The van der Waals surface area contributed by atoms with E-state index in [9.17, 15) is 0 Å². The fourth-order valence-electron chi connectivity index (χ4n) is 2.29. The number of benzene rings is 2. The number of H-pyrrole nitrogens is 1. The lowest BCUT2D eigenvalue weighted by Crippen LogP contribution is -1.89. The minimum atomic E-state index is 0.476. The second-order valence-electron chi connectivity index (χ2n) is 4.66. The summed E-state index contributed by atoms with van der Waals surface area (Å²) in [4.78, 5) is 0. The summed E-state index contributed by atoms with van der Waals surface area (Å²) in [6, 6.07) is 15.9. The van der Waals surface area contributed by atoms with Gasteiger partial charge in [-0.2, -0.15) is 5.10 Å². The van der Waals surface area contributed by atoms with Crippen LogP contribution in [0, 0.1) is 6.92 Å². The van der Waals surface area contributed by atoms with Gasteiger partial charge in [-0.05, 0) is 18.1 Å². The van der Waals surface area contributed by atoms with Crippen molar-refractivity contribution in [3.8, 4) is 22.4 Å². The number of nitrogens with zero attached hydrogens (tertiary/aromatic N) is 1. The Bertz CT molecular complexity index is 748. The van der Waals surface area contributed by atoms with E-state index in [1.165, 1.54) is 0 Å². The van der Waals surface area contributed by atoms with Crippen molar-refractivity contribution in [2.45, 2.75) is 6.92 Å². The van der Waals surface area contributed by atoms with Crippen LogP contribution in [0.2, 0.25) is 5.02 Å². The van der Waals surface area contributed by atoms with Crippen molar-refractivity contribution in [1.82, 2.24) is 10.2 Å². The van der Waals surface area contributed by atoms with Crippen LogP contribution in [0.25, 0.3) is 22.4 Å².